The summed E-state index contributed by atoms with van der Waals surface area (Å²) in [5, 5.41) is 7.55. The van der Waals surface area contributed by atoms with Crippen LogP contribution < -0.4 is 0 Å². The van der Waals surface area contributed by atoms with Crippen LogP contribution in [0.15, 0.2) is 199 Å². The first-order valence-corrected chi connectivity index (χ1v) is 19.4. The van der Waals surface area contributed by atoms with Gasteiger partial charge in [-0.2, -0.15) is 0 Å². The van der Waals surface area contributed by atoms with Gasteiger partial charge >= 0.3 is 0 Å². The van der Waals surface area contributed by atoms with Crippen molar-refractivity contribution < 1.29 is 0 Å². The third-order valence-electron chi connectivity index (χ3n) is 10.9. The predicted molar refractivity (Wildman–Crippen MR) is 239 cm³/mol. The molecule has 56 heavy (non-hydrogen) atoms. The number of rotatable bonds is 6. The molecule has 0 saturated carbocycles. The molecule has 0 radical (unpaired) electrons. The average Bonchev–Trinajstić information content (AvgIpc) is 3.27. The number of benzene rings is 9. The van der Waals surface area contributed by atoms with Crippen LogP contribution in [0.1, 0.15) is 5.56 Å². The quantitative estimate of drug-likeness (QED) is 0.136. The second-order valence-corrected chi connectivity index (χ2v) is 14.9. The second kappa shape index (κ2) is 14.1. The van der Waals surface area contributed by atoms with E-state index in [4.69, 9.17) is 22.6 Å². The van der Waals surface area contributed by atoms with Crippen molar-refractivity contribution >= 4 is 44.9 Å². The summed E-state index contributed by atoms with van der Waals surface area (Å²) in [5.41, 5.74) is 12.8. The molecule has 0 saturated heterocycles. The van der Waals surface area contributed by atoms with Crippen LogP contribution in [0.25, 0.3) is 99.6 Å². The molecule has 10 rings (SSSR count). The predicted octanol–water partition coefficient (Wildman–Crippen LogP) is 14.5. The maximum atomic E-state index is 5.26. The Balaban J connectivity index is 1.23. The summed E-state index contributed by atoms with van der Waals surface area (Å²) in [4.78, 5) is 11.3. The third-order valence-corrected chi connectivity index (χ3v) is 11.3. The zero-order valence-electron chi connectivity index (χ0n) is 30.8. The monoisotopic (exact) mass is 732 g/mol. The molecule has 0 fully saturated rings. The smallest absolute Gasteiger partial charge is 0.160 e. The fourth-order valence-corrected chi connectivity index (χ4v) is 8.33. The van der Waals surface area contributed by atoms with Gasteiger partial charge in [-0.3, -0.25) is 0 Å². The standard InChI is InChI=1S/C53H36N2S/c1-34-14-8-9-19-42(34)49-32-38(25-27-52(49)56)40-28-39(37-24-26-47-45-22-11-10-20-43(45)44-21-12-13-23-46(44)48(47)31-37)29-41(30-40)51-33-50(35-15-4-2-5-16-35)54-53(55-51)36-17-6-3-7-18-36/h2-33,56H,1H3. The maximum Gasteiger partial charge on any atom is 0.160 e. The molecule has 1 aromatic heterocycles. The summed E-state index contributed by atoms with van der Waals surface area (Å²) >= 11 is 4.94. The molecule has 0 aliphatic heterocycles. The number of hydrogen-bond acceptors (Lipinski definition) is 3. The van der Waals surface area contributed by atoms with E-state index < -0.39 is 0 Å². The van der Waals surface area contributed by atoms with Crippen LogP contribution in [-0.4, -0.2) is 9.97 Å². The van der Waals surface area contributed by atoms with Crippen molar-refractivity contribution in [2.75, 3.05) is 0 Å². The SMILES string of the molecule is Cc1ccccc1-c1cc(-c2cc(-c3ccc4c5ccccc5c5ccccc5c4c3)cc(-c3cc(-c4ccccc4)nc(-c4ccccc4)n3)c2)ccc1S. The van der Waals surface area contributed by atoms with E-state index in [1.54, 1.807) is 0 Å². The van der Waals surface area contributed by atoms with Crippen molar-refractivity contribution in [3.05, 3.63) is 200 Å². The highest BCUT2D eigenvalue weighted by Gasteiger charge is 2.16. The minimum Gasteiger partial charge on any atom is -0.228 e. The normalized spacial score (nSPS) is 11.4. The van der Waals surface area contributed by atoms with E-state index in [1.807, 2.05) is 24.3 Å². The van der Waals surface area contributed by atoms with Crippen LogP contribution in [0.2, 0.25) is 0 Å². The van der Waals surface area contributed by atoms with Gasteiger partial charge in [0, 0.05) is 21.6 Å². The molecule has 10 aromatic rings. The Morgan fingerprint density at radius 3 is 1.45 bits per heavy atom. The van der Waals surface area contributed by atoms with Crippen LogP contribution >= 0.6 is 12.6 Å². The van der Waals surface area contributed by atoms with Gasteiger partial charge in [0.15, 0.2) is 5.82 Å². The van der Waals surface area contributed by atoms with Gasteiger partial charge in [-0.1, -0.05) is 152 Å². The lowest BCUT2D eigenvalue weighted by molar-refractivity contribution is 1.18. The highest BCUT2D eigenvalue weighted by Crippen LogP contribution is 2.41. The Labute approximate surface area is 332 Å². The van der Waals surface area contributed by atoms with Crippen molar-refractivity contribution in [2.24, 2.45) is 0 Å². The van der Waals surface area contributed by atoms with Crippen LogP contribution in [-0.2, 0) is 0 Å². The lowest BCUT2D eigenvalue weighted by atomic mass is 9.90. The molecule has 2 nitrogen and oxygen atoms in total. The van der Waals surface area contributed by atoms with Gasteiger partial charge < -0.3 is 0 Å². The fourth-order valence-electron chi connectivity index (χ4n) is 8.07. The number of aryl methyl sites for hydroxylation is 1. The van der Waals surface area contributed by atoms with E-state index >= 15 is 0 Å². The molecule has 1 heterocycles. The zero-order valence-corrected chi connectivity index (χ0v) is 31.7. The molecule has 0 spiro atoms. The number of nitrogens with zero attached hydrogens (tertiary/aromatic N) is 2. The number of fused-ring (bicyclic) bond motifs is 6. The summed E-state index contributed by atoms with van der Waals surface area (Å²) in [6.07, 6.45) is 0. The topological polar surface area (TPSA) is 25.8 Å². The molecule has 0 atom stereocenters. The van der Waals surface area contributed by atoms with E-state index in [2.05, 4.69) is 177 Å². The Bertz CT molecular complexity index is 3000. The van der Waals surface area contributed by atoms with Gasteiger partial charge in [0.05, 0.1) is 11.4 Å². The van der Waals surface area contributed by atoms with Gasteiger partial charge in [-0.05, 0) is 121 Å². The summed E-state index contributed by atoms with van der Waals surface area (Å²) in [7, 11) is 0. The molecular formula is C53H36N2S. The first-order chi connectivity index (χ1) is 27.6. The van der Waals surface area contributed by atoms with Gasteiger partial charge in [-0.25, -0.2) is 9.97 Å². The molecule has 3 heteroatoms. The molecule has 0 amide bonds. The second-order valence-electron chi connectivity index (χ2n) is 14.4. The lowest BCUT2D eigenvalue weighted by Crippen LogP contribution is -1.96. The van der Waals surface area contributed by atoms with Crippen molar-refractivity contribution in [1.82, 2.24) is 9.97 Å². The Kier molecular flexibility index (Phi) is 8.50. The lowest BCUT2D eigenvalue weighted by Gasteiger charge is -2.16. The van der Waals surface area contributed by atoms with Crippen LogP contribution in [0.3, 0.4) is 0 Å². The molecule has 264 valence electrons. The van der Waals surface area contributed by atoms with Gasteiger partial charge in [-0.15, -0.1) is 12.6 Å². The molecule has 0 aliphatic rings. The highest BCUT2D eigenvalue weighted by molar-refractivity contribution is 7.80. The maximum absolute atomic E-state index is 5.26. The van der Waals surface area contributed by atoms with E-state index in [1.165, 1.54) is 43.4 Å². The van der Waals surface area contributed by atoms with Gasteiger partial charge in [0.25, 0.3) is 0 Å². The first kappa shape index (κ1) is 33.7. The zero-order chi connectivity index (χ0) is 37.6. The Hall–Kier alpha value is -6.81. The molecule has 9 aromatic carbocycles. The van der Waals surface area contributed by atoms with Crippen molar-refractivity contribution in [3.63, 3.8) is 0 Å². The van der Waals surface area contributed by atoms with Crippen LogP contribution in [0.5, 0.6) is 0 Å². The summed E-state index contributed by atoms with van der Waals surface area (Å²) in [5.74, 6) is 0.694. The minimum absolute atomic E-state index is 0.694. The molecule has 0 N–H and O–H groups in total. The minimum atomic E-state index is 0.694. The number of thiol groups is 1. The van der Waals surface area contributed by atoms with Gasteiger partial charge in [0.2, 0.25) is 0 Å². The van der Waals surface area contributed by atoms with Crippen LogP contribution in [0.4, 0.5) is 0 Å². The van der Waals surface area contributed by atoms with Crippen LogP contribution in [0, 0.1) is 6.92 Å². The van der Waals surface area contributed by atoms with E-state index in [9.17, 15) is 0 Å². The summed E-state index contributed by atoms with van der Waals surface area (Å²) in [6.45, 7) is 2.16. The van der Waals surface area contributed by atoms with E-state index in [-0.39, 0.29) is 0 Å². The molecule has 0 bridgehead atoms. The fraction of sp³-hybridized carbons (Fsp3) is 0.0189. The van der Waals surface area contributed by atoms with Crippen molar-refractivity contribution in [1.29, 1.82) is 0 Å². The third kappa shape index (κ3) is 6.13. The summed E-state index contributed by atoms with van der Waals surface area (Å²) < 4.78 is 0. The highest BCUT2D eigenvalue weighted by atomic mass is 32.1. The average molecular weight is 733 g/mol. The van der Waals surface area contributed by atoms with E-state index in [0.29, 0.717) is 5.82 Å². The molecule has 0 unspecified atom stereocenters. The first-order valence-electron chi connectivity index (χ1n) is 19.0. The van der Waals surface area contributed by atoms with Crippen molar-refractivity contribution in [2.45, 2.75) is 11.8 Å². The largest absolute Gasteiger partial charge is 0.228 e. The summed E-state index contributed by atoms with van der Waals surface area (Å²) in [6, 6.07) is 69.1. The number of aromatic nitrogens is 2. The van der Waals surface area contributed by atoms with E-state index in [0.717, 1.165) is 60.8 Å². The Morgan fingerprint density at radius 1 is 0.321 bits per heavy atom. The van der Waals surface area contributed by atoms with Gasteiger partial charge in [0.1, 0.15) is 0 Å². The Morgan fingerprint density at radius 2 is 0.804 bits per heavy atom. The molecule has 0 aliphatic carbocycles. The molecular weight excluding hydrogens is 697 g/mol. The van der Waals surface area contributed by atoms with Crippen molar-refractivity contribution in [3.8, 4) is 67.3 Å². The number of hydrogen-bond donors (Lipinski definition) is 1.